The molecular weight excluding hydrogens is 334 g/mol. The van der Waals surface area contributed by atoms with Crippen LogP contribution < -0.4 is 10.4 Å². The van der Waals surface area contributed by atoms with Crippen LogP contribution in [0.3, 0.4) is 0 Å². The summed E-state index contributed by atoms with van der Waals surface area (Å²) in [6, 6.07) is 17.6. The number of ketones is 1. The summed E-state index contributed by atoms with van der Waals surface area (Å²) in [5.41, 5.74) is 2.35. The third kappa shape index (κ3) is 2.86. The number of carbonyl (C=O) groups is 1. The van der Waals surface area contributed by atoms with Gasteiger partial charge in [-0.15, -0.1) is 0 Å². The molecule has 3 aromatic carbocycles. The smallest absolute Gasteiger partial charge is 0.193 e. The first-order valence-electron chi connectivity index (χ1n) is 8.90. The Balaban J connectivity index is 2.19. The van der Waals surface area contributed by atoms with Gasteiger partial charge in [0.15, 0.2) is 5.78 Å². The highest BCUT2D eigenvalue weighted by atomic mass is 16.3. The number of phenolic OH excluding ortho intramolecular Hbond substituents is 1. The van der Waals surface area contributed by atoms with Gasteiger partial charge in [0.2, 0.25) is 0 Å². The number of hydrogen-bond donors (Lipinski definition) is 1. The number of benzene rings is 3. The number of carbonyl (C=O) groups excluding carboxylic acids is 1. The van der Waals surface area contributed by atoms with Crippen LogP contribution in [0.25, 0.3) is 22.4 Å². The molecule has 0 heterocycles. The first-order valence-corrected chi connectivity index (χ1v) is 8.90. The van der Waals surface area contributed by atoms with Crippen molar-refractivity contribution in [3.63, 3.8) is 0 Å². The Kier molecular flexibility index (Phi) is 4.17. The Morgan fingerprint density at radius 2 is 1.74 bits per heavy atom. The molecule has 0 unspecified atom stereocenters. The van der Waals surface area contributed by atoms with Crippen molar-refractivity contribution in [3.8, 4) is 5.75 Å². The largest absolute Gasteiger partial charge is 0.507 e. The molecule has 0 aliphatic heterocycles. The van der Waals surface area contributed by atoms with Gasteiger partial charge in [0, 0.05) is 28.8 Å². The van der Waals surface area contributed by atoms with E-state index in [2.05, 4.69) is 6.58 Å². The predicted molar refractivity (Wildman–Crippen MR) is 110 cm³/mol. The van der Waals surface area contributed by atoms with Crippen LogP contribution in [-0.4, -0.2) is 29.9 Å². The maximum absolute atomic E-state index is 13.1. The zero-order valence-electron chi connectivity index (χ0n) is 15.5. The van der Waals surface area contributed by atoms with E-state index in [0.717, 1.165) is 26.8 Å². The lowest BCUT2D eigenvalue weighted by molar-refractivity contribution is -0.110. The molecule has 3 heteroatoms. The lowest BCUT2D eigenvalue weighted by Gasteiger charge is -2.20. The number of phenols is 1. The van der Waals surface area contributed by atoms with Gasteiger partial charge in [-0.05, 0) is 47.4 Å². The number of nitrogens with zero attached hydrogens (tertiary/aromatic N) is 1. The molecular formula is C24H21NO2. The highest BCUT2D eigenvalue weighted by Gasteiger charge is 2.25. The standard InChI is InChI=1S/C24H21NO2/c1-15-12-16-8-4-6-10-19(16)21(23(15)26)22-20-11-7-5-9-17(20)13-18(24(22)27)14-25(2)3/h4-13,27H,1,14H2,2-3H3. The summed E-state index contributed by atoms with van der Waals surface area (Å²) >= 11 is 0. The summed E-state index contributed by atoms with van der Waals surface area (Å²) < 4.78 is 0. The zero-order valence-corrected chi connectivity index (χ0v) is 15.5. The highest BCUT2D eigenvalue weighted by Crippen LogP contribution is 2.37. The molecule has 27 heavy (non-hydrogen) atoms. The van der Waals surface area contributed by atoms with Crippen molar-refractivity contribution in [1.82, 2.24) is 4.90 Å². The third-order valence-corrected chi connectivity index (χ3v) is 4.92. The van der Waals surface area contributed by atoms with Crippen molar-refractivity contribution in [2.24, 2.45) is 0 Å². The van der Waals surface area contributed by atoms with Crippen LogP contribution in [0.15, 0.2) is 66.7 Å². The maximum atomic E-state index is 13.1. The van der Waals surface area contributed by atoms with Gasteiger partial charge in [0.05, 0.1) is 0 Å². The van der Waals surface area contributed by atoms with Gasteiger partial charge >= 0.3 is 0 Å². The minimum Gasteiger partial charge on any atom is -0.507 e. The van der Waals surface area contributed by atoms with Crippen LogP contribution in [0.5, 0.6) is 5.75 Å². The molecule has 3 nitrogen and oxygen atoms in total. The van der Waals surface area contributed by atoms with E-state index in [-0.39, 0.29) is 11.5 Å². The molecule has 4 rings (SSSR count). The van der Waals surface area contributed by atoms with Gasteiger partial charge < -0.3 is 10.0 Å². The maximum Gasteiger partial charge on any atom is 0.193 e. The average Bonchev–Trinajstić information content (AvgIpc) is 2.64. The molecule has 1 N–H and O–H groups in total. The quantitative estimate of drug-likeness (QED) is 0.735. The molecule has 0 atom stereocenters. The average molecular weight is 355 g/mol. The third-order valence-electron chi connectivity index (χ3n) is 4.92. The lowest BCUT2D eigenvalue weighted by atomic mass is 9.86. The van der Waals surface area contributed by atoms with Crippen LogP contribution in [-0.2, 0) is 11.3 Å². The fourth-order valence-electron chi connectivity index (χ4n) is 3.74. The van der Waals surface area contributed by atoms with Crippen molar-refractivity contribution >= 4 is 28.2 Å². The SMILES string of the molecule is C=C1C=c2ccccc2=C(c2c(O)c(CN(C)C)cc3ccccc23)C1=O. The molecule has 134 valence electrons. The Hall–Kier alpha value is -3.17. The highest BCUT2D eigenvalue weighted by molar-refractivity contribution is 6.34. The monoisotopic (exact) mass is 355 g/mol. The second kappa shape index (κ2) is 6.53. The molecule has 1 aliphatic rings. The van der Waals surface area contributed by atoms with Gasteiger partial charge in [-0.3, -0.25) is 4.79 Å². The van der Waals surface area contributed by atoms with Crippen molar-refractivity contribution < 1.29 is 9.90 Å². The number of allylic oxidation sites excluding steroid dienone is 1. The summed E-state index contributed by atoms with van der Waals surface area (Å²) in [5.74, 6) is 0.0198. The molecule has 1 aliphatic carbocycles. The van der Waals surface area contributed by atoms with Gasteiger partial charge in [-0.1, -0.05) is 55.1 Å². The first kappa shape index (κ1) is 17.3. The Morgan fingerprint density at radius 3 is 2.52 bits per heavy atom. The van der Waals surface area contributed by atoms with E-state index in [4.69, 9.17) is 0 Å². The van der Waals surface area contributed by atoms with Crippen LogP contribution in [0.1, 0.15) is 11.1 Å². The molecule has 0 fully saturated rings. The molecule has 0 spiro atoms. The number of fused-ring (bicyclic) bond motifs is 2. The van der Waals surface area contributed by atoms with Crippen molar-refractivity contribution in [3.05, 3.63) is 88.3 Å². The molecule has 0 saturated carbocycles. The molecule has 0 radical (unpaired) electrons. The molecule has 0 bridgehead atoms. The number of aromatic hydroxyl groups is 1. The minimum atomic E-state index is -0.142. The summed E-state index contributed by atoms with van der Waals surface area (Å²) in [7, 11) is 3.92. The van der Waals surface area contributed by atoms with Crippen LogP contribution in [0.4, 0.5) is 0 Å². The van der Waals surface area contributed by atoms with Gasteiger partial charge in [-0.25, -0.2) is 0 Å². The number of rotatable bonds is 3. The van der Waals surface area contributed by atoms with Crippen molar-refractivity contribution in [2.75, 3.05) is 14.1 Å². The van der Waals surface area contributed by atoms with Crippen LogP contribution in [0.2, 0.25) is 0 Å². The fourth-order valence-corrected chi connectivity index (χ4v) is 3.74. The Bertz CT molecular complexity index is 1220. The van der Waals surface area contributed by atoms with E-state index in [1.807, 2.05) is 79.7 Å². The van der Waals surface area contributed by atoms with E-state index in [9.17, 15) is 9.90 Å². The van der Waals surface area contributed by atoms with E-state index in [0.29, 0.717) is 23.3 Å². The Morgan fingerprint density at radius 1 is 1.04 bits per heavy atom. The van der Waals surface area contributed by atoms with Gasteiger partial charge in [0.25, 0.3) is 0 Å². The van der Waals surface area contributed by atoms with Crippen molar-refractivity contribution in [1.29, 1.82) is 0 Å². The molecule has 3 aromatic rings. The Labute approximate surface area is 158 Å². The predicted octanol–water partition coefficient (Wildman–Crippen LogP) is 2.73. The fraction of sp³-hybridized carbons (Fsp3) is 0.125. The summed E-state index contributed by atoms with van der Waals surface area (Å²) in [6.07, 6.45) is 1.81. The van der Waals surface area contributed by atoms with Crippen molar-refractivity contribution in [2.45, 2.75) is 6.54 Å². The van der Waals surface area contributed by atoms with E-state index >= 15 is 0 Å². The van der Waals surface area contributed by atoms with E-state index in [1.54, 1.807) is 0 Å². The van der Waals surface area contributed by atoms with Crippen LogP contribution >= 0.6 is 0 Å². The molecule has 0 aromatic heterocycles. The molecule has 0 amide bonds. The lowest BCUT2D eigenvalue weighted by Crippen LogP contribution is -2.34. The van der Waals surface area contributed by atoms with Gasteiger partial charge in [0.1, 0.15) is 5.75 Å². The first-order chi connectivity index (χ1) is 13.0. The second-order valence-corrected chi connectivity index (χ2v) is 7.18. The van der Waals surface area contributed by atoms with Crippen LogP contribution in [0, 0.1) is 0 Å². The topological polar surface area (TPSA) is 40.5 Å². The molecule has 0 saturated heterocycles. The van der Waals surface area contributed by atoms with E-state index in [1.165, 1.54) is 0 Å². The number of Topliss-reactive ketones (excluding diaryl/α,β-unsaturated/α-hetero) is 1. The number of hydrogen-bond acceptors (Lipinski definition) is 3. The minimum absolute atomic E-state index is 0.142. The van der Waals surface area contributed by atoms with Gasteiger partial charge in [-0.2, -0.15) is 0 Å². The normalized spacial score (nSPS) is 13.8. The summed E-state index contributed by atoms with van der Waals surface area (Å²) in [6.45, 7) is 4.52. The summed E-state index contributed by atoms with van der Waals surface area (Å²) in [4.78, 5) is 15.1. The zero-order chi connectivity index (χ0) is 19.1. The second-order valence-electron chi connectivity index (χ2n) is 7.18. The van der Waals surface area contributed by atoms with E-state index < -0.39 is 0 Å². The summed E-state index contributed by atoms with van der Waals surface area (Å²) in [5, 5.41) is 14.8.